The van der Waals surface area contributed by atoms with Crippen LogP contribution in [-0.4, -0.2) is 53.8 Å². The molecule has 0 aromatic heterocycles. The van der Waals surface area contributed by atoms with Crippen LogP contribution in [0.3, 0.4) is 0 Å². The minimum absolute atomic E-state index is 0.135. The molecule has 0 spiro atoms. The first-order chi connectivity index (χ1) is 17.9. The van der Waals surface area contributed by atoms with Gasteiger partial charge >= 0.3 is 18.4 Å². The minimum atomic E-state index is -3.22. The standard InChI is InChI=1S/C27H28F2N4O3S/c28-24(29)26(35)32-31-25(34)21-11-9-19(10-12-21)18-30-27(36)33-13-15-37(16-14-33)23-8-4-7-22(17-23)20-5-2-1-3-6-20/h1-12,17,24,37H,13-16,18H2,(H,30,36)(H,31,34)(H,32,35). The molecule has 194 valence electrons. The summed E-state index contributed by atoms with van der Waals surface area (Å²) in [7, 11) is -0.326. The van der Waals surface area contributed by atoms with Gasteiger partial charge in [0.05, 0.1) is 0 Å². The average Bonchev–Trinajstić information content (AvgIpc) is 2.95. The average molecular weight is 527 g/mol. The maximum Gasteiger partial charge on any atom is 0.317 e. The zero-order valence-corrected chi connectivity index (χ0v) is 20.9. The monoisotopic (exact) mass is 526 g/mol. The van der Waals surface area contributed by atoms with E-state index in [4.69, 9.17) is 0 Å². The predicted octanol–water partition coefficient (Wildman–Crippen LogP) is 3.97. The Morgan fingerprint density at radius 1 is 0.838 bits per heavy atom. The van der Waals surface area contributed by atoms with Gasteiger partial charge in [-0.1, -0.05) is 60.7 Å². The first-order valence-corrected chi connectivity index (χ1v) is 13.5. The van der Waals surface area contributed by atoms with Gasteiger partial charge in [0.15, 0.2) is 0 Å². The van der Waals surface area contributed by atoms with E-state index in [1.54, 1.807) is 17.6 Å². The van der Waals surface area contributed by atoms with Crippen LogP contribution in [0.25, 0.3) is 11.1 Å². The molecule has 0 unspecified atom stereocenters. The highest BCUT2D eigenvalue weighted by molar-refractivity contribution is 8.17. The number of nitrogens with one attached hydrogen (secondary N) is 3. The molecule has 1 saturated heterocycles. The lowest BCUT2D eigenvalue weighted by Crippen LogP contribution is -2.45. The molecule has 1 aliphatic heterocycles. The van der Waals surface area contributed by atoms with Gasteiger partial charge in [0, 0.05) is 25.2 Å². The molecule has 3 aromatic rings. The SMILES string of the molecule is O=C(NNC(=O)C(F)F)c1ccc(CNC(=O)N2CC[SH](c3cccc(-c4ccccc4)c3)CC2)cc1. The molecule has 4 rings (SSSR count). The molecular weight excluding hydrogens is 498 g/mol. The van der Waals surface area contributed by atoms with Gasteiger partial charge in [-0.15, -0.1) is 0 Å². The first-order valence-electron chi connectivity index (χ1n) is 11.8. The first kappa shape index (κ1) is 26.2. The molecule has 3 aromatic carbocycles. The molecule has 3 N–H and O–H groups in total. The van der Waals surface area contributed by atoms with Crippen LogP contribution < -0.4 is 16.2 Å². The van der Waals surface area contributed by atoms with Crippen LogP contribution in [-0.2, 0) is 11.3 Å². The Hall–Kier alpha value is -3.92. The minimum Gasteiger partial charge on any atom is -0.334 e. The summed E-state index contributed by atoms with van der Waals surface area (Å²) in [6, 6.07) is 25.1. The van der Waals surface area contributed by atoms with Crippen molar-refractivity contribution in [2.24, 2.45) is 0 Å². The second kappa shape index (κ2) is 12.4. The van der Waals surface area contributed by atoms with Crippen LogP contribution in [0.5, 0.6) is 0 Å². The number of halogens is 2. The molecule has 0 atom stereocenters. The summed E-state index contributed by atoms with van der Waals surface area (Å²) in [5.74, 6) is -0.401. The maximum atomic E-state index is 12.7. The van der Waals surface area contributed by atoms with E-state index in [0.717, 1.165) is 17.1 Å². The van der Waals surface area contributed by atoms with Crippen molar-refractivity contribution in [3.05, 3.63) is 90.0 Å². The second-order valence-electron chi connectivity index (χ2n) is 8.49. The van der Waals surface area contributed by atoms with Crippen LogP contribution in [0.4, 0.5) is 13.6 Å². The Balaban J connectivity index is 1.23. The quantitative estimate of drug-likeness (QED) is 0.290. The fraction of sp³-hybridized carbons (Fsp3) is 0.222. The van der Waals surface area contributed by atoms with E-state index in [0.29, 0.717) is 13.1 Å². The summed E-state index contributed by atoms with van der Waals surface area (Å²) in [6.45, 7) is 1.67. The van der Waals surface area contributed by atoms with E-state index in [-0.39, 0.29) is 29.0 Å². The van der Waals surface area contributed by atoms with E-state index in [1.165, 1.54) is 28.2 Å². The van der Waals surface area contributed by atoms with Gasteiger partial charge < -0.3 is 10.2 Å². The molecule has 0 bridgehead atoms. The van der Waals surface area contributed by atoms with E-state index >= 15 is 0 Å². The molecule has 1 heterocycles. The topological polar surface area (TPSA) is 90.5 Å². The highest BCUT2D eigenvalue weighted by Gasteiger charge is 2.22. The summed E-state index contributed by atoms with van der Waals surface area (Å²) in [5.41, 5.74) is 6.94. The van der Waals surface area contributed by atoms with Gasteiger partial charge in [-0.05, 0) is 51.3 Å². The van der Waals surface area contributed by atoms with Crippen LogP contribution >= 0.6 is 10.9 Å². The molecule has 0 aliphatic carbocycles. The van der Waals surface area contributed by atoms with Crippen LogP contribution in [0.1, 0.15) is 15.9 Å². The molecule has 1 aliphatic rings. The number of nitrogens with zero attached hydrogens (tertiary/aromatic N) is 1. The number of alkyl halides is 2. The molecular formula is C27H28F2N4O3S. The van der Waals surface area contributed by atoms with Crippen molar-refractivity contribution in [2.45, 2.75) is 17.9 Å². The largest absolute Gasteiger partial charge is 0.334 e. The number of carbonyl (C=O) groups is 3. The van der Waals surface area contributed by atoms with Crippen molar-refractivity contribution in [1.29, 1.82) is 0 Å². The van der Waals surface area contributed by atoms with E-state index in [9.17, 15) is 23.2 Å². The van der Waals surface area contributed by atoms with Crippen molar-refractivity contribution >= 4 is 28.7 Å². The number of hydrogen-bond donors (Lipinski definition) is 4. The lowest BCUT2D eigenvalue weighted by atomic mass is 10.1. The van der Waals surface area contributed by atoms with Crippen LogP contribution in [0.2, 0.25) is 0 Å². The van der Waals surface area contributed by atoms with Gasteiger partial charge in [0.2, 0.25) is 0 Å². The van der Waals surface area contributed by atoms with Gasteiger partial charge in [-0.2, -0.15) is 8.78 Å². The van der Waals surface area contributed by atoms with Crippen molar-refractivity contribution in [3.63, 3.8) is 0 Å². The number of hydrogen-bond acceptors (Lipinski definition) is 3. The Kier molecular flexibility index (Phi) is 8.73. The summed E-state index contributed by atoms with van der Waals surface area (Å²) >= 11 is 0. The lowest BCUT2D eigenvalue weighted by Gasteiger charge is -2.34. The summed E-state index contributed by atoms with van der Waals surface area (Å²) in [4.78, 5) is 38.7. The van der Waals surface area contributed by atoms with Gasteiger partial charge in [0.1, 0.15) is 0 Å². The lowest BCUT2D eigenvalue weighted by molar-refractivity contribution is -0.132. The van der Waals surface area contributed by atoms with Crippen LogP contribution in [0.15, 0.2) is 83.8 Å². The normalized spacial score (nSPS) is 14.2. The zero-order chi connectivity index (χ0) is 26.2. The fourth-order valence-corrected chi connectivity index (χ4v) is 6.31. The van der Waals surface area contributed by atoms with E-state index in [2.05, 4.69) is 41.7 Å². The number of thiol groups is 1. The summed E-state index contributed by atoms with van der Waals surface area (Å²) < 4.78 is 24.4. The van der Waals surface area contributed by atoms with Gasteiger partial charge in [-0.3, -0.25) is 20.4 Å². The Labute approximate surface area is 216 Å². The molecule has 1 fully saturated rings. The number of carbonyl (C=O) groups excluding carboxylic acids is 3. The Bertz CT molecular complexity index is 1230. The highest BCUT2D eigenvalue weighted by Crippen LogP contribution is 2.39. The third-order valence-corrected chi connectivity index (χ3v) is 8.53. The van der Waals surface area contributed by atoms with Gasteiger partial charge in [-0.25, -0.2) is 15.7 Å². The maximum absolute atomic E-state index is 12.7. The predicted molar refractivity (Wildman–Crippen MR) is 141 cm³/mol. The van der Waals surface area contributed by atoms with E-state index in [1.807, 2.05) is 28.5 Å². The van der Waals surface area contributed by atoms with E-state index < -0.39 is 18.2 Å². The Morgan fingerprint density at radius 2 is 1.51 bits per heavy atom. The summed E-state index contributed by atoms with van der Waals surface area (Å²) in [6.07, 6.45) is -3.22. The van der Waals surface area contributed by atoms with Gasteiger partial charge in [0.25, 0.3) is 5.91 Å². The van der Waals surface area contributed by atoms with Crippen molar-refractivity contribution in [3.8, 4) is 11.1 Å². The third-order valence-electron chi connectivity index (χ3n) is 6.04. The highest BCUT2D eigenvalue weighted by atomic mass is 32.2. The Morgan fingerprint density at radius 3 is 2.19 bits per heavy atom. The molecule has 10 heteroatoms. The van der Waals surface area contributed by atoms with Crippen molar-refractivity contribution < 1.29 is 23.2 Å². The zero-order valence-electron chi connectivity index (χ0n) is 20.0. The molecule has 7 nitrogen and oxygen atoms in total. The molecule has 0 radical (unpaired) electrons. The second-order valence-corrected chi connectivity index (χ2v) is 11.0. The number of rotatable bonds is 6. The number of hydrazine groups is 1. The van der Waals surface area contributed by atoms with Crippen LogP contribution in [0, 0.1) is 0 Å². The smallest absolute Gasteiger partial charge is 0.317 e. The third kappa shape index (κ3) is 7.07. The molecule has 4 amide bonds. The summed E-state index contributed by atoms with van der Waals surface area (Å²) in [5, 5.41) is 2.91. The van der Waals surface area contributed by atoms with Crippen molar-refractivity contribution in [2.75, 3.05) is 24.6 Å². The number of benzene rings is 3. The number of urea groups is 1. The molecule has 37 heavy (non-hydrogen) atoms. The van der Waals surface area contributed by atoms with Crippen molar-refractivity contribution in [1.82, 2.24) is 21.1 Å². The number of amides is 4. The fourth-order valence-electron chi connectivity index (χ4n) is 3.99. The molecule has 0 saturated carbocycles.